The predicted octanol–water partition coefficient (Wildman–Crippen LogP) is 2.29. The fraction of sp³-hybridized carbons (Fsp3) is 0.250. The summed E-state index contributed by atoms with van der Waals surface area (Å²) in [5.41, 5.74) is 4.04. The van der Waals surface area contributed by atoms with Crippen molar-refractivity contribution in [3.63, 3.8) is 0 Å². The topological polar surface area (TPSA) is 99.0 Å². The molecule has 0 spiro atoms. The molecule has 0 aromatic carbocycles. The summed E-state index contributed by atoms with van der Waals surface area (Å²) in [6.45, 7) is 4.16. The van der Waals surface area contributed by atoms with Crippen LogP contribution >= 0.6 is 0 Å². The van der Waals surface area contributed by atoms with Gasteiger partial charge in [0.15, 0.2) is 0 Å². The van der Waals surface area contributed by atoms with Crippen LogP contribution in [-0.4, -0.2) is 38.2 Å². The maximum absolute atomic E-state index is 12.5. The number of hydrogen-bond donors (Lipinski definition) is 1. The molecule has 0 aliphatic heterocycles. The van der Waals surface area contributed by atoms with Crippen LogP contribution in [0.4, 0.5) is 0 Å². The number of aryl methyl sites for hydroxylation is 2. The van der Waals surface area contributed by atoms with Gasteiger partial charge in [-0.3, -0.25) is 19.4 Å². The van der Waals surface area contributed by atoms with Crippen molar-refractivity contribution < 1.29 is 14.3 Å². The number of nitrogens with zero attached hydrogens (tertiary/aromatic N) is 4. The van der Waals surface area contributed by atoms with Crippen LogP contribution in [0.15, 0.2) is 43.0 Å². The second-order valence-electron chi connectivity index (χ2n) is 6.22. The Balaban J connectivity index is 1.71. The van der Waals surface area contributed by atoms with E-state index in [0.29, 0.717) is 16.8 Å². The first-order valence-corrected chi connectivity index (χ1v) is 8.84. The van der Waals surface area contributed by atoms with Gasteiger partial charge in [-0.2, -0.15) is 5.10 Å². The molecule has 0 radical (unpaired) electrons. The van der Waals surface area contributed by atoms with Crippen LogP contribution in [0, 0.1) is 6.92 Å². The molecule has 0 saturated heterocycles. The van der Waals surface area contributed by atoms with Gasteiger partial charge >= 0.3 is 5.97 Å². The molecule has 144 valence electrons. The van der Waals surface area contributed by atoms with Crippen molar-refractivity contribution in [2.75, 3.05) is 6.61 Å². The third-order valence-electron chi connectivity index (χ3n) is 4.08. The number of pyridine rings is 2. The van der Waals surface area contributed by atoms with Gasteiger partial charge in [-0.15, -0.1) is 0 Å². The van der Waals surface area contributed by atoms with Gasteiger partial charge in [0.05, 0.1) is 17.9 Å². The van der Waals surface area contributed by atoms with Crippen LogP contribution in [-0.2, 0) is 18.3 Å². The number of aromatic nitrogens is 4. The zero-order valence-corrected chi connectivity index (χ0v) is 16.0. The summed E-state index contributed by atoms with van der Waals surface area (Å²) in [5.74, 6) is -0.755. The molecule has 0 bridgehead atoms. The van der Waals surface area contributed by atoms with Crippen LogP contribution in [0.5, 0.6) is 0 Å². The number of nitrogens with one attached hydrogen (secondary N) is 1. The molecule has 8 heteroatoms. The number of amides is 1. The maximum atomic E-state index is 12.5. The first-order chi connectivity index (χ1) is 13.5. The van der Waals surface area contributed by atoms with Gasteiger partial charge in [0, 0.05) is 43.9 Å². The molecule has 1 amide bonds. The highest BCUT2D eigenvalue weighted by Gasteiger charge is 2.12. The first kappa shape index (κ1) is 19.2. The Kier molecular flexibility index (Phi) is 5.78. The molecule has 0 aliphatic carbocycles. The molecular weight excluding hydrogens is 358 g/mol. The van der Waals surface area contributed by atoms with E-state index in [4.69, 9.17) is 4.74 Å². The van der Waals surface area contributed by atoms with E-state index in [-0.39, 0.29) is 19.1 Å². The van der Waals surface area contributed by atoms with Crippen molar-refractivity contribution in [2.45, 2.75) is 20.4 Å². The lowest BCUT2D eigenvalue weighted by Gasteiger charge is -2.07. The van der Waals surface area contributed by atoms with E-state index in [1.165, 1.54) is 6.20 Å². The average molecular weight is 379 g/mol. The minimum Gasteiger partial charge on any atom is -0.462 e. The van der Waals surface area contributed by atoms with Gasteiger partial charge < -0.3 is 10.1 Å². The van der Waals surface area contributed by atoms with Crippen LogP contribution in [0.2, 0.25) is 0 Å². The fourth-order valence-electron chi connectivity index (χ4n) is 2.79. The lowest BCUT2D eigenvalue weighted by molar-refractivity contribution is 0.0525. The second-order valence-corrected chi connectivity index (χ2v) is 6.22. The normalized spacial score (nSPS) is 10.5. The maximum Gasteiger partial charge on any atom is 0.339 e. The number of hydrogen-bond acceptors (Lipinski definition) is 6. The molecule has 0 aliphatic rings. The Morgan fingerprint density at radius 3 is 2.79 bits per heavy atom. The third-order valence-corrected chi connectivity index (χ3v) is 4.08. The van der Waals surface area contributed by atoms with Gasteiger partial charge in [0.25, 0.3) is 5.91 Å². The standard InChI is InChI=1S/C20H21N5O3/c1-4-28-20(27)16-7-14(9-21-11-16)10-23-19(26)18-8-15(5-6-22-18)17-12-25(3)24-13(17)2/h5-9,11-12H,4,10H2,1-3H3,(H,23,26). The summed E-state index contributed by atoms with van der Waals surface area (Å²) in [6, 6.07) is 5.22. The molecule has 0 unspecified atom stereocenters. The van der Waals surface area contributed by atoms with Crippen molar-refractivity contribution in [2.24, 2.45) is 7.05 Å². The van der Waals surface area contributed by atoms with Gasteiger partial charge in [0.1, 0.15) is 5.69 Å². The molecule has 0 saturated carbocycles. The van der Waals surface area contributed by atoms with E-state index in [1.807, 2.05) is 26.2 Å². The minimum absolute atomic E-state index is 0.219. The van der Waals surface area contributed by atoms with Crippen molar-refractivity contribution in [1.29, 1.82) is 0 Å². The second kappa shape index (κ2) is 8.43. The highest BCUT2D eigenvalue weighted by atomic mass is 16.5. The summed E-state index contributed by atoms with van der Waals surface area (Å²) >= 11 is 0. The summed E-state index contributed by atoms with van der Waals surface area (Å²) < 4.78 is 6.69. The Labute approximate surface area is 162 Å². The average Bonchev–Trinajstić information content (AvgIpc) is 3.04. The van der Waals surface area contributed by atoms with E-state index < -0.39 is 5.97 Å². The van der Waals surface area contributed by atoms with Crippen LogP contribution in [0.25, 0.3) is 11.1 Å². The van der Waals surface area contributed by atoms with Gasteiger partial charge in [-0.05, 0) is 43.2 Å². The van der Waals surface area contributed by atoms with E-state index >= 15 is 0 Å². The summed E-state index contributed by atoms with van der Waals surface area (Å²) in [4.78, 5) is 32.5. The minimum atomic E-state index is -0.440. The molecule has 0 atom stereocenters. The Bertz CT molecular complexity index is 1010. The van der Waals surface area contributed by atoms with Crippen molar-refractivity contribution >= 4 is 11.9 Å². The Hall–Kier alpha value is -3.55. The van der Waals surface area contributed by atoms with Crippen molar-refractivity contribution in [1.82, 2.24) is 25.1 Å². The van der Waals surface area contributed by atoms with Gasteiger partial charge in [-0.25, -0.2) is 4.79 Å². The van der Waals surface area contributed by atoms with E-state index in [1.54, 1.807) is 36.1 Å². The first-order valence-electron chi connectivity index (χ1n) is 8.84. The largest absolute Gasteiger partial charge is 0.462 e. The number of rotatable bonds is 6. The molecule has 3 aromatic heterocycles. The highest BCUT2D eigenvalue weighted by molar-refractivity contribution is 5.93. The quantitative estimate of drug-likeness (QED) is 0.660. The molecule has 0 fully saturated rings. The summed E-state index contributed by atoms with van der Waals surface area (Å²) in [7, 11) is 1.85. The zero-order valence-electron chi connectivity index (χ0n) is 16.0. The number of esters is 1. The molecule has 8 nitrogen and oxygen atoms in total. The van der Waals surface area contributed by atoms with Crippen LogP contribution in [0.1, 0.15) is 39.0 Å². The summed E-state index contributed by atoms with van der Waals surface area (Å²) in [6.07, 6.45) is 6.52. The molecule has 1 N–H and O–H groups in total. The Morgan fingerprint density at radius 1 is 1.25 bits per heavy atom. The lowest BCUT2D eigenvalue weighted by Crippen LogP contribution is -2.24. The van der Waals surface area contributed by atoms with E-state index in [2.05, 4.69) is 20.4 Å². The van der Waals surface area contributed by atoms with E-state index in [0.717, 1.165) is 16.8 Å². The fourth-order valence-corrected chi connectivity index (χ4v) is 2.79. The molecule has 28 heavy (non-hydrogen) atoms. The van der Waals surface area contributed by atoms with Crippen molar-refractivity contribution in [3.8, 4) is 11.1 Å². The monoisotopic (exact) mass is 379 g/mol. The van der Waals surface area contributed by atoms with Crippen LogP contribution in [0.3, 0.4) is 0 Å². The lowest BCUT2D eigenvalue weighted by atomic mass is 10.1. The number of carbonyl (C=O) groups is 2. The SMILES string of the molecule is CCOC(=O)c1cncc(CNC(=O)c2cc(-c3cn(C)nc3C)ccn2)c1. The molecule has 3 rings (SSSR count). The smallest absolute Gasteiger partial charge is 0.339 e. The third kappa shape index (κ3) is 4.40. The number of ether oxygens (including phenoxy) is 1. The van der Waals surface area contributed by atoms with E-state index in [9.17, 15) is 9.59 Å². The van der Waals surface area contributed by atoms with Crippen molar-refractivity contribution in [3.05, 3.63) is 65.5 Å². The highest BCUT2D eigenvalue weighted by Crippen LogP contribution is 2.22. The molecule has 3 aromatic rings. The van der Waals surface area contributed by atoms with Gasteiger partial charge in [-0.1, -0.05) is 0 Å². The molecular formula is C20H21N5O3. The van der Waals surface area contributed by atoms with Gasteiger partial charge in [0.2, 0.25) is 0 Å². The zero-order chi connectivity index (χ0) is 20.1. The predicted molar refractivity (Wildman–Crippen MR) is 103 cm³/mol. The molecule has 3 heterocycles. The Morgan fingerprint density at radius 2 is 2.07 bits per heavy atom. The number of carbonyl (C=O) groups excluding carboxylic acids is 2. The summed E-state index contributed by atoms with van der Waals surface area (Å²) in [5, 5.41) is 7.12. The van der Waals surface area contributed by atoms with Crippen LogP contribution < -0.4 is 5.32 Å².